The Morgan fingerprint density at radius 3 is 1.24 bits per heavy atom. The Hall–Kier alpha value is -7.64. The van der Waals surface area contributed by atoms with Crippen LogP contribution in [0.2, 0.25) is 0 Å². The lowest BCUT2D eigenvalue weighted by molar-refractivity contribution is 0.669. The lowest BCUT2D eigenvalue weighted by Crippen LogP contribution is -2.00. The molecule has 0 aliphatic rings. The van der Waals surface area contributed by atoms with Gasteiger partial charge in [0.15, 0.2) is 34.9 Å². The number of rotatable bonds is 7. The van der Waals surface area contributed by atoms with Crippen LogP contribution in [0.15, 0.2) is 186 Å². The summed E-state index contributed by atoms with van der Waals surface area (Å²) < 4.78 is 6.73. The third kappa shape index (κ3) is 6.19. The Morgan fingerprint density at radius 1 is 0.273 bits per heavy atom. The molecule has 7 aromatic carbocycles. The van der Waals surface area contributed by atoms with Gasteiger partial charge in [0.2, 0.25) is 0 Å². The van der Waals surface area contributed by atoms with E-state index in [4.69, 9.17) is 34.3 Å². The number of nitrogens with zero attached hydrogens (tertiary/aromatic N) is 6. The number of furan rings is 1. The summed E-state index contributed by atoms with van der Waals surface area (Å²) in [6.07, 6.45) is 0. The number of benzene rings is 7. The van der Waals surface area contributed by atoms with Gasteiger partial charge in [-0.2, -0.15) is 0 Å². The fraction of sp³-hybridized carbons (Fsp3) is 0. The zero-order valence-corrected chi connectivity index (χ0v) is 29.4. The molecule has 0 atom stereocenters. The molecule has 0 radical (unpaired) electrons. The van der Waals surface area contributed by atoms with E-state index in [9.17, 15) is 0 Å². The van der Waals surface area contributed by atoms with Gasteiger partial charge in [-0.05, 0) is 35.4 Å². The van der Waals surface area contributed by atoms with E-state index in [-0.39, 0.29) is 0 Å². The highest BCUT2D eigenvalue weighted by Crippen LogP contribution is 2.38. The van der Waals surface area contributed by atoms with Crippen LogP contribution in [-0.4, -0.2) is 29.9 Å². The molecule has 3 aromatic heterocycles. The van der Waals surface area contributed by atoms with Crippen LogP contribution in [0.5, 0.6) is 0 Å². The van der Waals surface area contributed by atoms with Crippen LogP contribution in [0.1, 0.15) is 0 Å². The minimum atomic E-state index is 0.524. The summed E-state index contributed by atoms with van der Waals surface area (Å²) in [7, 11) is 0. The third-order valence-electron chi connectivity index (χ3n) is 9.59. The summed E-state index contributed by atoms with van der Waals surface area (Å²) in [5.74, 6) is 3.45. The van der Waals surface area contributed by atoms with Crippen LogP contribution in [-0.2, 0) is 0 Å². The van der Waals surface area contributed by atoms with Crippen LogP contribution < -0.4 is 0 Å². The van der Waals surface area contributed by atoms with E-state index in [0.717, 1.165) is 55.3 Å². The molecule has 0 saturated carbocycles. The largest absolute Gasteiger partial charge is 0.455 e. The van der Waals surface area contributed by atoms with Gasteiger partial charge in [0.25, 0.3) is 0 Å². The summed E-state index contributed by atoms with van der Waals surface area (Å²) in [6.45, 7) is 0. The first-order valence-corrected chi connectivity index (χ1v) is 18.0. The molecule has 7 heteroatoms. The van der Waals surface area contributed by atoms with Crippen molar-refractivity contribution in [1.29, 1.82) is 0 Å². The maximum Gasteiger partial charge on any atom is 0.167 e. The normalized spacial score (nSPS) is 11.3. The molecule has 10 aromatic rings. The second-order valence-electron chi connectivity index (χ2n) is 13.2. The van der Waals surface area contributed by atoms with E-state index < -0.39 is 0 Å². The van der Waals surface area contributed by atoms with Crippen LogP contribution in [0.4, 0.5) is 0 Å². The molecule has 7 nitrogen and oxygen atoms in total. The Labute approximate surface area is 316 Å². The van der Waals surface area contributed by atoms with Gasteiger partial charge in [-0.3, -0.25) is 0 Å². The Morgan fingerprint density at radius 2 is 0.691 bits per heavy atom. The quantitative estimate of drug-likeness (QED) is 0.163. The molecule has 0 amide bonds. The zero-order valence-electron chi connectivity index (χ0n) is 29.4. The van der Waals surface area contributed by atoms with Crippen molar-refractivity contribution in [3.8, 4) is 79.5 Å². The lowest BCUT2D eigenvalue weighted by atomic mass is 10.0. The first kappa shape index (κ1) is 32.0. The average Bonchev–Trinajstić information content (AvgIpc) is 3.66. The van der Waals surface area contributed by atoms with Gasteiger partial charge >= 0.3 is 0 Å². The standard InChI is InChI=1S/C48H30N6O/c1-5-15-31(16-6-1)35-23-13-24-36(29-35)46-52-45(34-21-11-4-12-22-34)53-48(54-46)40-26-14-25-39-38-28-27-37(30-41(38)55-42(39)40)47-50-43(32-17-7-2-8-18-32)49-44(51-47)33-19-9-3-10-20-33/h1-30H. The molecule has 0 unspecified atom stereocenters. The number of fused-ring (bicyclic) bond motifs is 3. The van der Waals surface area contributed by atoms with E-state index in [1.807, 2.05) is 146 Å². The highest BCUT2D eigenvalue weighted by atomic mass is 16.3. The Kier molecular flexibility index (Phi) is 8.00. The topological polar surface area (TPSA) is 90.5 Å². The zero-order chi connectivity index (χ0) is 36.6. The van der Waals surface area contributed by atoms with Crippen molar-refractivity contribution in [3.05, 3.63) is 182 Å². The third-order valence-corrected chi connectivity index (χ3v) is 9.59. The summed E-state index contributed by atoms with van der Waals surface area (Å²) >= 11 is 0. The van der Waals surface area contributed by atoms with Gasteiger partial charge in [-0.1, -0.05) is 158 Å². The number of hydrogen-bond donors (Lipinski definition) is 0. The van der Waals surface area contributed by atoms with Gasteiger partial charge in [0.05, 0.1) is 5.56 Å². The van der Waals surface area contributed by atoms with E-state index in [2.05, 4.69) is 36.4 Å². The second kappa shape index (κ2) is 13.7. The molecule has 3 heterocycles. The van der Waals surface area contributed by atoms with Crippen molar-refractivity contribution in [3.63, 3.8) is 0 Å². The molecule has 0 aliphatic carbocycles. The lowest BCUT2D eigenvalue weighted by Gasteiger charge is -2.10. The first-order chi connectivity index (χ1) is 27.2. The molecule has 0 bridgehead atoms. The van der Waals surface area contributed by atoms with Gasteiger partial charge in [0.1, 0.15) is 11.2 Å². The van der Waals surface area contributed by atoms with Crippen molar-refractivity contribution in [2.45, 2.75) is 0 Å². The van der Waals surface area contributed by atoms with Crippen molar-refractivity contribution >= 4 is 21.9 Å². The van der Waals surface area contributed by atoms with Crippen LogP contribution >= 0.6 is 0 Å². The molecule has 0 aliphatic heterocycles. The van der Waals surface area contributed by atoms with Crippen molar-refractivity contribution in [2.75, 3.05) is 0 Å². The number of hydrogen-bond acceptors (Lipinski definition) is 7. The SMILES string of the molecule is c1ccc(-c2cccc(-c3nc(-c4ccccc4)nc(-c4cccc5c4oc4cc(-c6nc(-c7ccccc7)nc(-c7ccccc7)n6)ccc45)n3)c2)cc1. The minimum Gasteiger partial charge on any atom is -0.455 e. The molecule has 258 valence electrons. The average molecular weight is 707 g/mol. The monoisotopic (exact) mass is 706 g/mol. The van der Waals surface area contributed by atoms with E-state index >= 15 is 0 Å². The maximum absolute atomic E-state index is 6.73. The summed E-state index contributed by atoms with van der Waals surface area (Å²) in [4.78, 5) is 29.8. The van der Waals surface area contributed by atoms with E-state index in [1.165, 1.54) is 0 Å². The molecule has 10 rings (SSSR count). The van der Waals surface area contributed by atoms with Crippen LogP contribution in [0.3, 0.4) is 0 Å². The van der Waals surface area contributed by atoms with Gasteiger partial charge in [-0.15, -0.1) is 0 Å². The second-order valence-corrected chi connectivity index (χ2v) is 13.2. The predicted octanol–water partition coefficient (Wildman–Crippen LogP) is 11.6. The molecular formula is C48H30N6O. The maximum atomic E-state index is 6.73. The van der Waals surface area contributed by atoms with Crippen molar-refractivity contribution in [2.24, 2.45) is 0 Å². The number of aromatic nitrogens is 6. The first-order valence-electron chi connectivity index (χ1n) is 18.0. The highest BCUT2D eigenvalue weighted by molar-refractivity contribution is 6.09. The molecule has 0 spiro atoms. The Balaban J connectivity index is 1.11. The minimum absolute atomic E-state index is 0.524. The smallest absolute Gasteiger partial charge is 0.167 e. The number of para-hydroxylation sites is 1. The predicted molar refractivity (Wildman–Crippen MR) is 219 cm³/mol. The van der Waals surface area contributed by atoms with E-state index in [0.29, 0.717) is 46.1 Å². The Bertz CT molecular complexity index is 2910. The van der Waals surface area contributed by atoms with E-state index in [1.54, 1.807) is 0 Å². The van der Waals surface area contributed by atoms with Crippen LogP contribution in [0.25, 0.3) is 101 Å². The summed E-state index contributed by atoms with van der Waals surface area (Å²) in [6, 6.07) is 60.8. The molecular weight excluding hydrogens is 677 g/mol. The molecule has 0 N–H and O–H groups in total. The van der Waals surface area contributed by atoms with Gasteiger partial charge < -0.3 is 4.42 Å². The fourth-order valence-corrected chi connectivity index (χ4v) is 6.86. The molecule has 0 saturated heterocycles. The van der Waals surface area contributed by atoms with Gasteiger partial charge in [-0.25, -0.2) is 29.9 Å². The van der Waals surface area contributed by atoms with Crippen molar-refractivity contribution in [1.82, 2.24) is 29.9 Å². The molecule has 0 fully saturated rings. The van der Waals surface area contributed by atoms with Gasteiger partial charge in [0, 0.05) is 38.6 Å². The van der Waals surface area contributed by atoms with Crippen LogP contribution in [0, 0.1) is 0 Å². The fourth-order valence-electron chi connectivity index (χ4n) is 6.86. The highest BCUT2D eigenvalue weighted by Gasteiger charge is 2.19. The summed E-state index contributed by atoms with van der Waals surface area (Å²) in [5.41, 5.74) is 8.81. The van der Waals surface area contributed by atoms with Crippen molar-refractivity contribution < 1.29 is 4.42 Å². The summed E-state index contributed by atoms with van der Waals surface area (Å²) in [5, 5.41) is 1.92. The molecule has 55 heavy (non-hydrogen) atoms.